The second-order valence-electron chi connectivity index (χ2n) is 7.22. The topological polar surface area (TPSA) is 88.1 Å². The monoisotopic (exact) mass is 452 g/mol. The van der Waals surface area contributed by atoms with Gasteiger partial charge in [-0.05, 0) is 23.3 Å². The normalized spacial score (nSPS) is 15.5. The second-order valence-corrected chi connectivity index (χ2v) is 7.22. The van der Waals surface area contributed by atoms with Gasteiger partial charge in [-0.2, -0.15) is 0 Å². The van der Waals surface area contributed by atoms with E-state index in [1.807, 2.05) is 30.3 Å². The lowest BCUT2D eigenvalue weighted by Crippen LogP contribution is -2.40. The van der Waals surface area contributed by atoms with Crippen molar-refractivity contribution in [1.29, 1.82) is 0 Å². The lowest BCUT2D eigenvalue weighted by atomic mass is 10.0. The number of rotatable bonds is 9. The first-order chi connectivity index (χ1) is 15.9. The summed E-state index contributed by atoms with van der Waals surface area (Å²) in [5, 5.41) is 13.7. The zero-order chi connectivity index (χ0) is 23.8. The summed E-state index contributed by atoms with van der Waals surface area (Å²) in [6, 6.07) is 14.9. The van der Waals surface area contributed by atoms with Crippen LogP contribution < -0.4 is 5.32 Å². The number of esters is 1. The number of nitrogens with one attached hydrogen (secondary N) is 1. The van der Waals surface area contributed by atoms with Gasteiger partial charge >= 0.3 is 5.97 Å². The Bertz CT molecular complexity index is 1060. The molecule has 2 aromatic carbocycles. The number of carbonyl (C=O) groups excluding carboxylic acids is 2. The summed E-state index contributed by atoms with van der Waals surface area (Å²) in [6.07, 6.45) is 1.41. The van der Waals surface area contributed by atoms with Crippen molar-refractivity contribution in [3.05, 3.63) is 107 Å². The molecule has 1 heterocycles. The molecule has 0 radical (unpaired) electrons. The molecule has 0 aliphatic carbocycles. The van der Waals surface area contributed by atoms with E-state index in [0.717, 1.165) is 5.56 Å². The van der Waals surface area contributed by atoms with Crippen LogP contribution in [0, 0.1) is 5.82 Å². The van der Waals surface area contributed by atoms with Gasteiger partial charge < -0.3 is 24.8 Å². The molecule has 172 valence electrons. The molecule has 1 unspecified atom stereocenters. The molecule has 2 N–H and O–H groups in total. The van der Waals surface area contributed by atoms with Crippen LogP contribution in [-0.4, -0.2) is 41.6 Å². The van der Waals surface area contributed by atoms with Crippen molar-refractivity contribution in [1.82, 2.24) is 10.2 Å². The molecule has 0 fully saturated rings. The van der Waals surface area contributed by atoms with E-state index in [9.17, 15) is 19.1 Å². The highest BCUT2D eigenvalue weighted by Crippen LogP contribution is 2.29. The number of benzene rings is 2. The van der Waals surface area contributed by atoms with Crippen molar-refractivity contribution < 1.29 is 28.6 Å². The minimum Gasteiger partial charge on any atom is -0.488 e. The Balaban J connectivity index is 1.86. The van der Waals surface area contributed by atoms with Crippen molar-refractivity contribution in [2.45, 2.75) is 19.3 Å². The van der Waals surface area contributed by atoms with E-state index >= 15 is 0 Å². The van der Waals surface area contributed by atoms with Gasteiger partial charge in [-0.1, -0.05) is 48.5 Å². The maximum Gasteiger partial charge on any atom is 0.358 e. The molecule has 3 rings (SSSR count). The third kappa shape index (κ3) is 5.87. The molecule has 0 bridgehead atoms. The Morgan fingerprint density at radius 2 is 1.85 bits per heavy atom. The van der Waals surface area contributed by atoms with Crippen LogP contribution in [0.15, 0.2) is 90.5 Å². The van der Waals surface area contributed by atoms with Gasteiger partial charge in [0.15, 0.2) is 11.5 Å². The van der Waals surface area contributed by atoms with Crippen LogP contribution in [0.1, 0.15) is 11.1 Å². The molecule has 0 aromatic heterocycles. The van der Waals surface area contributed by atoms with E-state index < -0.39 is 18.0 Å². The van der Waals surface area contributed by atoms with Gasteiger partial charge in [0.1, 0.15) is 18.5 Å². The lowest BCUT2D eigenvalue weighted by molar-refractivity contribution is -0.138. The second kappa shape index (κ2) is 11.1. The van der Waals surface area contributed by atoms with E-state index in [2.05, 4.69) is 11.9 Å². The van der Waals surface area contributed by atoms with Crippen LogP contribution in [0.3, 0.4) is 0 Å². The number of aliphatic hydroxyl groups excluding tert-OH is 1. The highest BCUT2D eigenvalue weighted by Gasteiger charge is 2.36. The van der Waals surface area contributed by atoms with Crippen molar-refractivity contribution in [3.63, 3.8) is 0 Å². The van der Waals surface area contributed by atoms with E-state index in [0.29, 0.717) is 5.56 Å². The Morgan fingerprint density at radius 3 is 2.48 bits per heavy atom. The average molecular weight is 452 g/mol. The number of hydrogen-bond acceptors (Lipinski definition) is 6. The predicted molar refractivity (Wildman–Crippen MR) is 120 cm³/mol. The third-order valence-corrected chi connectivity index (χ3v) is 4.93. The summed E-state index contributed by atoms with van der Waals surface area (Å²) >= 11 is 0. The molecule has 0 saturated carbocycles. The van der Waals surface area contributed by atoms with Crippen molar-refractivity contribution in [3.8, 4) is 0 Å². The SMILES string of the molecule is C=CCN1C=C(C(=O)NCc2ccc(F)cc2)C(O)C(OCc2ccccc2)=C1C(=O)OC. The molecule has 1 aliphatic rings. The fraction of sp³-hybridized carbons (Fsp3) is 0.200. The van der Waals surface area contributed by atoms with Crippen molar-refractivity contribution in [2.75, 3.05) is 13.7 Å². The Morgan fingerprint density at radius 1 is 1.15 bits per heavy atom. The first-order valence-electron chi connectivity index (χ1n) is 10.2. The van der Waals surface area contributed by atoms with Crippen LogP contribution in [0.5, 0.6) is 0 Å². The summed E-state index contributed by atoms with van der Waals surface area (Å²) < 4.78 is 23.8. The van der Waals surface area contributed by atoms with Crippen molar-refractivity contribution in [2.24, 2.45) is 0 Å². The average Bonchev–Trinajstić information content (AvgIpc) is 2.83. The molecule has 0 spiro atoms. The van der Waals surface area contributed by atoms with Gasteiger partial charge in [0.05, 0.1) is 12.7 Å². The molecule has 8 heteroatoms. The summed E-state index contributed by atoms with van der Waals surface area (Å²) in [5.74, 6) is -1.76. The van der Waals surface area contributed by atoms with Gasteiger partial charge in [0.2, 0.25) is 0 Å². The first kappa shape index (κ1) is 23.7. The number of nitrogens with zero attached hydrogens (tertiary/aromatic N) is 1. The van der Waals surface area contributed by atoms with Gasteiger partial charge in [0.25, 0.3) is 5.91 Å². The van der Waals surface area contributed by atoms with Crippen LogP contribution >= 0.6 is 0 Å². The molecular weight excluding hydrogens is 427 g/mol. The molecular formula is C25H25FN2O5. The van der Waals surface area contributed by atoms with Crippen molar-refractivity contribution >= 4 is 11.9 Å². The standard InChI is InChI=1S/C25H25FN2O5/c1-3-13-28-15-20(24(30)27-14-17-9-11-19(26)12-10-17)22(29)23(21(28)25(31)32-2)33-16-18-7-5-4-6-8-18/h3-12,15,22,29H,1,13-14,16H2,2H3,(H,27,30). The highest BCUT2D eigenvalue weighted by molar-refractivity contribution is 5.97. The maximum absolute atomic E-state index is 13.1. The number of ether oxygens (including phenoxy) is 2. The van der Waals surface area contributed by atoms with E-state index in [1.54, 1.807) is 18.2 Å². The van der Waals surface area contributed by atoms with Gasteiger partial charge in [-0.3, -0.25) is 4.79 Å². The van der Waals surface area contributed by atoms with Crippen LogP contribution in [0.2, 0.25) is 0 Å². The Hall–Kier alpha value is -3.91. The summed E-state index contributed by atoms with van der Waals surface area (Å²) in [7, 11) is 1.22. The fourth-order valence-electron chi connectivity index (χ4n) is 3.26. The molecule has 1 atom stereocenters. The van der Waals surface area contributed by atoms with E-state index in [4.69, 9.17) is 9.47 Å². The zero-order valence-electron chi connectivity index (χ0n) is 18.2. The van der Waals surface area contributed by atoms with Crippen LogP contribution in [-0.2, 0) is 32.2 Å². The number of halogens is 1. The van der Waals surface area contributed by atoms with E-state index in [-0.39, 0.29) is 42.5 Å². The number of carbonyl (C=O) groups is 2. The maximum atomic E-state index is 13.1. The molecule has 1 amide bonds. The summed E-state index contributed by atoms with van der Waals surface area (Å²) in [5.41, 5.74) is 1.46. The predicted octanol–water partition coefficient (Wildman–Crippen LogP) is 2.79. The third-order valence-electron chi connectivity index (χ3n) is 4.93. The smallest absolute Gasteiger partial charge is 0.358 e. The first-order valence-corrected chi connectivity index (χ1v) is 10.2. The fourth-order valence-corrected chi connectivity index (χ4v) is 3.26. The molecule has 7 nitrogen and oxygen atoms in total. The summed E-state index contributed by atoms with van der Waals surface area (Å²) in [6.45, 7) is 4.05. The molecule has 0 saturated heterocycles. The quantitative estimate of drug-likeness (QED) is 0.449. The lowest BCUT2D eigenvalue weighted by Gasteiger charge is -2.32. The number of hydrogen-bond donors (Lipinski definition) is 2. The zero-order valence-corrected chi connectivity index (χ0v) is 18.2. The number of amides is 1. The van der Waals surface area contributed by atoms with Crippen LogP contribution in [0.4, 0.5) is 4.39 Å². The summed E-state index contributed by atoms with van der Waals surface area (Å²) in [4.78, 5) is 26.9. The molecule has 1 aliphatic heterocycles. The van der Waals surface area contributed by atoms with Gasteiger partial charge in [-0.15, -0.1) is 6.58 Å². The van der Waals surface area contributed by atoms with Crippen LogP contribution in [0.25, 0.3) is 0 Å². The van der Waals surface area contributed by atoms with Gasteiger partial charge in [-0.25, -0.2) is 9.18 Å². The largest absolute Gasteiger partial charge is 0.488 e. The Kier molecular flexibility index (Phi) is 7.99. The van der Waals surface area contributed by atoms with E-state index in [1.165, 1.54) is 30.3 Å². The highest BCUT2D eigenvalue weighted by atomic mass is 19.1. The van der Waals surface area contributed by atoms with Gasteiger partial charge in [0, 0.05) is 19.3 Å². The molecule has 33 heavy (non-hydrogen) atoms. The minimum atomic E-state index is -1.50. The minimum absolute atomic E-state index is 0.0177. The number of aliphatic hydroxyl groups is 1. The Labute approximate surface area is 191 Å². The number of methoxy groups -OCH3 is 1. The molecule has 2 aromatic rings.